The van der Waals surface area contributed by atoms with E-state index in [1.54, 1.807) is 13.2 Å². The molecular weight excluding hydrogens is 292 g/mol. The van der Waals surface area contributed by atoms with Gasteiger partial charge in [-0.25, -0.2) is 4.79 Å². The Balaban J connectivity index is 2.09. The molecule has 23 heavy (non-hydrogen) atoms. The Bertz CT molecular complexity index is 855. The van der Waals surface area contributed by atoms with Crippen molar-refractivity contribution in [3.8, 4) is 17.2 Å². The fraction of sp³-hybridized carbons (Fsp3) is 0.105. The molecule has 0 saturated heterocycles. The van der Waals surface area contributed by atoms with Crippen molar-refractivity contribution in [1.82, 2.24) is 0 Å². The van der Waals surface area contributed by atoms with Gasteiger partial charge < -0.3 is 14.2 Å². The molecule has 4 nitrogen and oxygen atoms in total. The van der Waals surface area contributed by atoms with E-state index in [1.165, 1.54) is 7.11 Å². The Morgan fingerprint density at radius 2 is 1.57 bits per heavy atom. The van der Waals surface area contributed by atoms with E-state index in [9.17, 15) is 4.79 Å². The molecule has 0 heterocycles. The first-order valence-electron chi connectivity index (χ1n) is 7.15. The molecule has 0 N–H and O–H groups in total. The molecule has 116 valence electrons. The second-order valence-electron chi connectivity index (χ2n) is 4.94. The molecule has 0 atom stereocenters. The molecule has 0 unspecified atom stereocenters. The maximum atomic E-state index is 12.1. The Hall–Kier alpha value is -3.01. The standard InChI is InChI=1S/C19H16O4/c1-21-17-9-5-6-10-18(17)23-14-11-13-7-3-4-8-15(13)16(12-14)19(20)22-2/h3-12H,1-2H3. The number of carbonyl (C=O) groups excluding carboxylic acids is 1. The van der Waals surface area contributed by atoms with Crippen molar-refractivity contribution in [1.29, 1.82) is 0 Å². The van der Waals surface area contributed by atoms with Crippen molar-refractivity contribution in [2.45, 2.75) is 0 Å². The van der Waals surface area contributed by atoms with Gasteiger partial charge in [0.1, 0.15) is 5.75 Å². The van der Waals surface area contributed by atoms with E-state index < -0.39 is 5.97 Å². The summed E-state index contributed by atoms with van der Waals surface area (Å²) >= 11 is 0. The van der Waals surface area contributed by atoms with Gasteiger partial charge in [-0.15, -0.1) is 0 Å². The summed E-state index contributed by atoms with van der Waals surface area (Å²) in [6.45, 7) is 0. The van der Waals surface area contributed by atoms with E-state index in [2.05, 4.69) is 0 Å². The summed E-state index contributed by atoms with van der Waals surface area (Å²) in [6, 6.07) is 18.5. The largest absolute Gasteiger partial charge is 0.493 e. The molecule has 3 aromatic carbocycles. The molecule has 0 amide bonds. The molecule has 3 aromatic rings. The summed E-state index contributed by atoms with van der Waals surface area (Å²) in [6.07, 6.45) is 0. The Morgan fingerprint density at radius 1 is 0.870 bits per heavy atom. The van der Waals surface area contributed by atoms with E-state index in [0.29, 0.717) is 22.8 Å². The highest BCUT2D eigenvalue weighted by atomic mass is 16.5. The second-order valence-corrected chi connectivity index (χ2v) is 4.94. The summed E-state index contributed by atoms with van der Waals surface area (Å²) in [4.78, 5) is 12.1. The molecule has 0 aliphatic carbocycles. The van der Waals surface area contributed by atoms with Crippen LogP contribution >= 0.6 is 0 Å². The number of carbonyl (C=O) groups is 1. The van der Waals surface area contributed by atoms with Crippen molar-refractivity contribution < 1.29 is 19.0 Å². The van der Waals surface area contributed by atoms with E-state index in [4.69, 9.17) is 14.2 Å². The monoisotopic (exact) mass is 308 g/mol. The van der Waals surface area contributed by atoms with Gasteiger partial charge in [-0.1, -0.05) is 36.4 Å². The van der Waals surface area contributed by atoms with Gasteiger partial charge in [0.05, 0.1) is 19.8 Å². The molecule has 0 aliphatic rings. The van der Waals surface area contributed by atoms with Crippen molar-refractivity contribution in [3.05, 3.63) is 66.2 Å². The van der Waals surface area contributed by atoms with Crippen LogP contribution in [0.5, 0.6) is 17.2 Å². The number of fused-ring (bicyclic) bond motifs is 1. The lowest BCUT2D eigenvalue weighted by Gasteiger charge is -2.12. The van der Waals surface area contributed by atoms with Gasteiger partial charge in [0.15, 0.2) is 11.5 Å². The van der Waals surface area contributed by atoms with E-state index in [1.807, 2.05) is 54.6 Å². The van der Waals surface area contributed by atoms with Gasteiger partial charge in [-0.05, 0) is 35.0 Å². The van der Waals surface area contributed by atoms with Crippen molar-refractivity contribution in [2.24, 2.45) is 0 Å². The van der Waals surface area contributed by atoms with Crippen LogP contribution in [0.15, 0.2) is 60.7 Å². The maximum absolute atomic E-state index is 12.1. The molecule has 0 aliphatic heterocycles. The molecule has 0 fully saturated rings. The number of benzene rings is 3. The molecule has 0 bridgehead atoms. The minimum atomic E-state index is -0.397. The van der Waals surface area contributed by atoms with Crippen molar-refractivity contribution in [2.75, 3.05) is 14.2 Å². The number of hydrogen-bond acceptors (Lipinski definition) is 4. The van der Waals surface area contributed by atoms with Crippen LogP contribution in [-0.4, -0.2) is 20.2 Å². The van der Waals surface area contributed by atoms with Gasteiger partial charge in [0, 0.05) is 0 Å². The van der Waals surface area contributed by atoms with Gasteiger partial charge in [0.25, 0.3) is 0 Å². The van der Waals surface area contributed by atoms with E-state index in [0.717, 1.165) is 10.8 Å². The van der Waals surface area contributed by atoms with Crippen LogP contribution in [0.25, 0.3) is 10.8 Å². The lowest BCUT2D eigenvalue weighted by Crippen LogP contribution is -2.02. The third-order valence-electron chi connectivity index (χ3n) is 3.54. The molecule has 0 spiro atoms. The summed E-state index contributed by atoms with van der Waals surface area (Å²) in [5, 5.41) is 1.73. The first kappa shape index (κ1) is 14.9. The van der Waals surface area contributed by atoms with Crippen LogP contribution in [0.2, 0.25) is 0 Å². The number of para-hydroxylation sites is 2. The predicted octanol–water partition coefficient (Wildman–Crippen LogP) is 4.43. The summed E-state index contributed by atoms with van der Waals surface area (Å²) in [7, 11) is 2.95. The fourth-order valence-corrected chi connectivity index (χ4v) is 2.45. The van der Waals surface area contributed by atoms with Crippen LogP contribution in [0.3, 0.4) is 0 Å². The number of hydrogen-bond donors (Lipinski definition) is 0. The lowest BCUT2D eigenvalue weighted by atomic mass is 10.0. The quantitative estimate of drug-likeness (QED) is 0.669. The molecule has 0 saturated carbocycles. The van der Waals surface area contributed by atoms with Gasteiger partial charge >= 0.3 is 5.97 Å². The molecule has 4 heteroatoms. The van der Waals surface area contributed by atoms with E-state index in [-0.39, 0.29) is 0 Å². The van der Waals surface area contributed by atoms with Gasteiger partial charge in [-0.3, -0.25) is 0 Å². The highest BCUT2D eigenvalue weighted by Gasteiger charge is 2.14. The number of rotatable bonds is 4. The van der Waals surface area contributed by atoms with Gasteiger partial charge in [0.2, 0.25) is 0 Å². The van der Waals surface area contributed by atoms with Crippen molar-refractivity contribution >= 4 is 16.7 Å². The Labute approximate surface area is 134 Å². The average Bonchev–Trinajstić information content (AvgIpc) is 2.60. The molecule has 3 rings (SSSR count). The first-order valence-corrected chi connectivity index (χ1v) is 7.15. The summed E-state index contributed by atoms with van der Waals surface area (Å²) in [5.74, 6) is 1.36. The topological polar surface area (TPSA) is 44.8 Å². The Morgan fingerprint density at radius 3 is 2.30 bits per heavy atom. The average molecular weight is 308 g/mol. The third-order valence-corrected chi connectivity index (χ3v) is 3.54. The summed E-state index contributed by atoms with van der Waals surface area (Å²) < 4.78 is 16.1. The third kappa shape index (κ3) is 2.97. The normalized spacial score (nSPS) is 10.3. The predicted molar refractivity (Wildman–Crippen MR) is 88.4 cm³/mol. The van der Waals surface area contributed by atoms with Crippen LogP contribution in [-0.2, 0) is 4.74 Å². The Kier molecular flexibility index (Phi) is 4.15. The number of ether oxygens (including phenoxy) is 3. The minimum Gasteiger partial charge on any atom is -0.493 e. The maximum Gasteiger partial charge on any atom is 0.338 e. The highest BCUT2D eigenvalue weighted by Crippen LogP contribution is 2.33. The number of methoxy groups -OCH3 is 2. The molecule has 0 radical (unpaired) electrons. The molecular formula is C19H16O4. The smallest absolute Gasteiger partial charge is 0.338 e. The van der Waals surface area contributed by atoms with Crippen LogP contribution in [0.1, 0.15) is 10.4 Å². The van der Waals surface area contributed by atoms with Crippen LogP contribution in [0, 0.1) is 0 Å². The summed E-state index contributed by atoms with van der Waals surface area (Å²) in [5.41, 5.74) is 0.468. The minimum absolute atomic E-state index is 0.397. The lowest BCUT2D eigenvalue weighted by molar-refractivity contribution is 0.0602. The van der Waals surface area contributed by atoms with Crippen LogP contribution in [0.4, 0.5) is 0 Å². The zero-order chi connectivity index (χ0) is 16.2. The van der Waals surface area contributed by atoms with Crippen LogP contribution < -0.4 is 9.47 Å². The first-order chi connectivity index (χ1) is 11.2. The zero-order valence-electron chi connectivity index (χ0n) is 12.9. The van der Waals surface area contributed by atoms with Crippen molar-refractivity contribution in [3.63, 3.8) is 0 Å². The van der Waals surface area contributed by atoms with Gasteiger partial charge in [-0.2, -0.15) is 0 Å². The molecule has 0 aromatic heterocycles. The fourth-order valence-electron chi connectivity index (χ4n) is 2.45. The number of esters is 1. The second kappa shape index (κ2) is 6.40. The SMILES string of the molecule is COC(=O)c1cc(Oc2ccccc2OC)cc2ccccc12. The highest BCUT2D eigenvalue weighted by molar-refractivity contribution is 6.05. The zero-order valence-corrected chi connectivity index (χ0v) is 12.9. The van der Waals surface area contributed by atoms with E-state index >= 15 is 0 Å².